The van der Waals surface area contributed by atoms with Gasteiger partial charge in [-0.1, -0.05) is 30.3 Å². The molecule has 0 aliphatic heterocycles. The number of H-pyrrole nitrogens is 1. The molecule has 0 fully saturated rings. The van der Waals surface area contributed by atoms with Crippen molar-refractivity contribution in [3.8, 4) is 5.69 Å². The Morgan fingerprint density at radius 2 is 1.93 bits per heavy atom. The zero-order chi connectivity index (χ0) is 18.6. The molecule has 0 radical (unpaired) electrons. The van der Waals surface area contributed by atoms with Crippen molar-refractivity contribution < 1.29 is 4.79 Å². The molecule has 6 nitrogen and oxygen atoms in total. The van der Waals surface area contributed by atoms with Gasteiger partial charge >= 0.3 is 0 Å². The molecule has 1 atom stereocenters. The van der Waals surface area contributed by atoms with Crippen LogP contribution in [0.2, 0.25) is 0 Å². The Kier molecular flexibility index (Phi) is 4.70. The van der Waals surface area contributed by atoms with Crippen molar-refractivity contribution >= 4 is 16.9 Å². The van der Waals surface area contributed by atoms with Crippen LogP contribution in [0.1, 0.15) is 30.8 Å². The van der Waals surface area contributed by atoms with E-state index in [2.05, 4.69) is 20.4 Å². The Morgan fingerprint density at radius 3 is 2.74 bits per heavy atom. The first-order chi connectivity index (χ1) is 13.2. The summed E-state index contributed by atoms with van der Waals surface area (Å²) in [5, 5.41) is 7.37. The molecule has 6 heteroatoms. The highest BCUT2D eigenvalue weighted by atomic mass is 16.1. The van der Waals surface area contributed by atoms with Crippen LogP contribution in [0.25, 0.3) is 16.7 Å². The molecule has 0 unspecified atom stereocenters. The number of imidazole rings is 1. The van der Waals surface area contributed by atoms with Crippen molar-refractivity contribution in [1.29, 1.82) is 0 Å². The number of para-hydroxylation sites is 3. The number of rotatable bonds is 6. The lowest BCUT2D eigenvalue weighted by atomic mass is 10.2. The lowest BCUT2D eigenvalue weighted by molar-refractivity contribution is -0.121. The van der Waals surface area contributed by atoms with Crippen molar-refractivity contribution in [1.82, 2.24) is 25.1 Å². The predicted octanol–water partition coefficient (Wildman–Crippen LogP) is 3.56. The number of aromatic nitrogens is 4. The fraction of sp³-hybridized carbons (Fsp3) is 0.190. The quantitative estimate of drug-likeness (QED) is 0.553. The van der Waals surface area contributed by atoms with Gasteiger partial charge in [-0.2, -0.15) is 5.10 Å². The molecule has 2 N–H and O–H groups in total. The summed E-state index contributed by atoms with van der Waals surface area (Å²) in [5.74, 6) is 0.761. The van der Waals surface area contributed by atoms with Gasteiger partial charge in [0.1, 0.15) is 5.82 Å². The molecule has 2 heterocycles. The predicted molar refractivity (Wildman–Crippen MR) is 105 cm³/mol. The zero-order valence-electron chi connectivity index (χ0n) is 15.1. The molecule has 4 aromatic rings. The van der Waals surface area contributed by atoms with Gasteiger partial charge in [0.2, 0.25) is 5.91 Å². The number of benzene rings is 2. The summed E-state index contributed by atoms with van der Waals surface area (Å²) in [7, 11) is 0. The summed E-state index contributed by atoms with van der Waals surface area (Å²) in [6.07, 6.45) is 4.82. The number of nitrogens with one attached hydrogen (secondary N) is 2. The van der Waals surface area contributed by atoms with E-state index in [1.807, 2.05) is 78.6 Å². The van der Waals surface area contributed by atoms with E-state index in [9.17, 15) is 4.79 Å². The van der Waals surface area contributed by atoms with Gasteiger partial charge in [0, 0.05) is 12.6 Å². The lowest BCUT2D eigenvalue weighted by Crippen LogP contribution is -2.27. The number of amides is 1. The van der Waals surface area contributed by atoms with Crippen LogP contribution >= 0.6 is 0 Å². The van der Waals surface area contributed by atoms with Crippen molar-refractivity contribution in [2.75, 3.05) is 0 Å². The van der Waals surface area contributed by atoms with Crippen LogP contribution in [0.5, 0.6) is 0 Å². The molecule has 0 saturated carbocycles. The first kappa shape index (κ1) is 17.0. The second kappa shape index (κ2) is 7.45. The number of carbonyl (C=O) groups is 1. The molecular weight excluding hydrogens is 338 g/mol. The molecule has 1 amide bonds. The fourth-order valence-electron chi connectivity index (χ4n) is 3.03. The van der Waals surface area contributed by atoms with Crippen LogP contribution in [0.15, 0.2) is 67.0 Å². The monoisotopic (exact) mass is 359 g/mol. The summed E-state index contributed by atoms with van der Waals surface area (Å²) < 4.78 is 1.82. The van der Waals surface area contributed by atoms with Gasteiger partial charge in [-0.15, -0.1) is 0 Å². The summed E-state index contributed by atoms with van der Waals surface area (Å²) in [4.78, 5) is 20.1. The van der Waals surface area contributed by atoms with Gasteiger partial charge < -0.3 is 10.3 Å². The molecule has 136 valence electrons. The molecule has 2 aromatic heterocycles. The molecule has 0 saturated heterocycles. The second-order valence-corrected chi connectivity index (χ2v) is 6.56. The Labute approximate surface area is 157 Å². The minimum Gasteiger partial charge on any atom is -0.346 e. The molecule has 4 rings (SSSR count). The lowest BCUT2D eigenvalue weighted by Gasteiger charge is -2.11. The molecule has 27 heavy (non-hydrogen) atoms. The Morgan fingerprint density at radius 1 is 1.15 bits per heavy atom. The van der Waals surface area contributed by atoms with E-state index in [0.717, 1.165) is 28.1 Å². The van der Waals surface area contributed by atoms with Crippen LogP contribution < -0.4 is 5.32 Å². The van der Waals surface area contributed by atoms with Crippen LogP contribution in [0.4, 0.5) is 0 Å². The molecule has 0 bridgehead atoms. The van der Waals surface area contributed by atoms with Crippen molar-refractivity contribution in [2.24, 2.45) is 0 Å². The highest BCUT2D eigenvalue weighted by molar-refractivity contribution is 5.77. The van der Waals surface area contributed by atoms with E-state index < -0.39 is 0 Å². The number of nitrogens with zero attached hydrogens (tertiary/aromatic N) is 3. The molecule has 0 spiro atoms. The normalized spacial score (nSPS) is 12.2. The SMILES string of the molecule is C[C@@H](NC(=O)CCc1cnn(-c2ccccc2)c1)c1nc2ccccc2[nH]1. The molecule has 2 aromatic carbocycles. The smallest absolute Gasteiger partial charge is 0.220 e. The van der Waals surface area contributed by atoms with Crippen LogP contribution in [0.3, 0.4) is 0 Å². The third-order valence-electron chi connectivity index (χ3n) is 4.49. The second-order valence-electron chi connectivity index (χ2n) is 6.56. The summed E-state index contributed by atoms with van der Waals surface area (Å²) in [6.45, 7) is 1.93. The molecule has 0 aliphatic carbocycles. The van der Waals surface area contributed by atoms with E-state index in [-0.39, 0.29) is 11.9 Å². The Hall–Kier alpha value is -3.41. The van der Waals surface area contributed by atoms with Gasteiger partial charge in [-0.25, -0.2) is 9.67 Å². The number of hydrogen-bond donors (Lipinski definition) is 2. The van der Waals surface area contributed by atoms with Crippen molar-refractivity contribution in [3.05, 3.63) is 78.4 Å². The van der Waals surface area contributed by atoms with Crippen molar-refractivity contribution in [2.45, 2.75) is 25.8 Å². The third-order valence-corrected chi connectivity index (χ3v) is 4.49. The Balaban J connectivity index is 1.33. The minimum atomic E-state index is -0.169. The summed E-state index contributed by atoms with van der Waals surface area (Å²) >= 11 is 0. The first-order valence-electron chi connectivity index (χ1n) is 9.02. The maximum absolute atomic E-state index is 12.3. The number of fused-ring (bicyclic) bond motifs is 1. The molecule has 0 aliphatic rings. The average molecular weight is 359 g/mol. The number of carbonyl (C=O) groups excluding carboxylic acids is 1. The van der Waals surface area contributed by atoms with E-state index in [4.69, 9.17) is 0 Å². The largest absolute Gasteiger partial charge is 0.346 e. The minimum absolute atomic E-state index is 0.00424. The number of hydrogen-bond acceptors (Lipinski definition) is 3. The van der Waals surface area contributed by atoms with E-state index >= 15 is 0 Å². The van der Waals surface area contributed by atoms with E-state index in [0.29, 0.717) is 12.8 Å². The average Bonchev–Trinajstić information content (AvgIpc) is 3.34. The van der Waals surface area contributed by atoms with Gasteiger partial charge in [-0.05, 0) is 43.2 Å². The maximum atomic E-state index is 12.3. The van der Waals surface area contributed by atoms with Gasteiger partial charge in [0.15, 0.2) is 0 Å². The first-order valence-corrected chi connectivity index (χ1v) is 9.02. The number of aromatic amines is 1. The Bertz CT molecular complexity index is 1020. The zero-order valence-corrected chi connectivity index (χ0v) is 15.1. The fourth-order valence-corrected chi connectivity index (χ4v) is 3.03. The maximum Gasteiger partial charge on any atom is 0.220 e. The highest BCUT2D eigenvalue weighted by Crippen LogP contribution is 2.16. The topological polar surface area (TPSA) is 75.6 Å². The van der Waals surface area contributed by atoms with E-state index in [1.54, 1.807) is 0 Å². The van der Waals surface area contributed by atoms with Gasteiger partial charge in [0.05, 0.1) is 29.0 Å². The van der Waals surface area contributed by atoms with Crippen LogP contribution in [-0.4, -0.2) is 25.7 Å². The third kappa shape index (κ3) is 3.89. The van der Waals surface area contributed by atoms with Crippen molar-refractivity contribution in [3.63, 3.8) is 0 Å². The number of aryl methyl sites for hydroxylation is 1. The van der Waals surface area contributed by atoms with Gasteiger partial charge in [0.25, 0.3) is 0 Å². The van der Waals surface area contributed by atoms with Crippen LogP contribution in [0, 0.1) is 0 Å². The standard InChI is InChI=1S/C21H21N5O/c1-15(21-24-18-9-5-6-10-19(18)25-21)23-20(27)12-11-16-13-22-26(14-16)17-7-3-2-4-8-17/h2-10,13-15H,11-12H2,1H3,(H,23,27)(H,24,25)/t15-/m1/s1. The van der Waals surface area contributed by atoms with Gasteiger partial charge in [-0.3, -0.25) is 4.79 Å². The van der Waals surface area contributed by atoms with Crippen LogP contribution in [-0.2, 0) is 11.2 Å². The highest BCUT2D eigenvalue weighted by Gasteiger charge is 2.14. The summed E-state index contributed by atoms with van der Waals surface area (Å²) in [5.41, 5.74) is 3.92. The van der Waals surface area contributed by atoms with E-state index in [1.165, 1.54) is 0 Å². The summed E-state index contributed by atoms with van der Waals surface area (Å²) in [6, 6.07) is 17.6. The molecular formula is C21H21N5O.